The Morgan fingerprint density at radius 3 is 2.24 bits per heavy atom. The van der Waals surface area contributed by atoms with Crippen LogP contribution in [0.3, 0.4) is 0 Å². The molecule has 4 nitrogen and oxygen atoms in total. The van der Waals surface area contributed by atoms with Gasteiger partial charge in [-0.05, 0) is 24.0 Å². The molecule has 0 radical (unpaired) electrons. The average molecular weight is 292 g/mol. The summed E-state index contributed by atoms with van der Waals surface area (Å²) in [6.07, 6.45) is 1.73. The molecule has 1 aromatic carbocycles. The molecule has 0 bridgehead atoms. The molecule has 0 saturated carbocycles. The zero-order valence-electron chi connectivity index (χ0n) is 13.4. The topological polar surface area (TPSA) is 56.5 Å². The molecule has 0 aromatic heterocycles. The second kappa shape index (κ2) is 7.36. The second-order valence-corrected chi connectivity index (χ2v) is 6.03. The first-order chi connectivity index (χ1) is 10.1. The normalized spacial score (nSPS) is 19.7. The van der Waals surface area contributed by atoms with Crippen LogP contribution in [0.5, 0.6) is 0 Å². The smallest absolute Gasteiger partial charge is 0.0932 e. The number of nitrogens with two attached hydrogens (primary N) is 1. The highest BCUT2D eigenvalue weighted by atomic mass is 16.5. The highest BCUT2D eigenvalue weighted by molar-refractivity contribution is 5.29. The highest BCUT2D eigenvalue weighted by Crippen LogP contribution is 2.37. The van der Waals surface area contributed by atoms with Crippen molar-refractivity contribution < 1.29 is 9.47 Å². The van der Waals surface area contributed by atoms with Crippen molar-refractivity contribution in [3.63, 3.8) is 0 Å². The summed E-state index contributed by atoms with van der Waals surface area (Å²) in [6.45, 7) is 8.57. The summed E-state index contributed by atoms with van der Waals surface area (Å²) in [7, 11) is 0. The number of benzene rings is 1. The van der Waals surface area contributed by atoms with Gasteiger partial charge in [0, 0.05) is 32.7 Å². The fourth-order valence-corrected chi connectivity index (χ4v) is 3.15. The number of ether oxygens (including phenoxy) is 2. The van der Waals surface area contributed by atoms with Crippen LogP contribution in [0.1, 0.15) is 56.7 Å². The van der Waals surface area contributed by atoms with Crippen LogP contribution in [-0.2, 0) is 9.47 Å². The van der Waals surface area contributed by atoms with Crippen molar-refractivity contribution in [1.29, 1.82) is 0 Å². The van der Waals surface area contributed by atoms with Gasteiger partial charge in [-0.15, -0.1) is 0 Å². The van der Waals surface area contributed by atoms with E-state index in [1.165, 1.54) is 11.1 Å². The molecule has 1 atom stereocenters. The molecule has 118 valence electrons. The van der Waals surface area contributed by atoms with Crippen molar-refractivity contribution >= 4 is 0 Å². The first-order valence-electron chi connectivity index (χ1n) is 7.90. The van der Waals surface area contributed by atoms with E-state index in [0.29, 0.717) is 12.5 Å². The van der Waals surface area contributed by atoms with Crippen LogP contribution < -0.4 is 11.3 Å². The first-order valence-corrected chi connectivity index (χ1v) is 7.90. The molecule has 3 N–H and O–H groups in total. The van der Waals surface area contributed by atoms with Gasteiger partial charge in [-0.2, -0.15) is 0 Å². The van der Waals surface area contributed by atoms with Gasteiger partial charge in [0.05, 0.1) is 11.6 Å². The molecule has 4 heteroatoms. The lowest BCUT2D eigenvalue weighted by molar-refractivity contribution is -0.128. The summed E-state index contributed by atoms with van der Waals surface area (Å²) >= 11 is 0. The summed E-state index contributed by atoms with van der Waals surface area (Å²) in [5.41, 5.74) is 5.22. The van der Waals surface area contributed by atoms with Crippen molar-refractivity contribution in [1.82, 2.24) is 5.43 Å². The lowest BCUT2D eigenvalue weighted by atomic mass is 9.82. The van der Waals surface area contributed by atoms with E-state index in [1.807, 2.05) is 6.92 Å². The highest BCUT2D eigenvalue weighted by Gasteiger charge is 2.41. The van der Waals surface area contributed by atoms with E-state index in [-0.39, 0.29) is 11.6 Å². The van der Waals surface area contributed by atoms with Crippen LogP contribution in [0.25, 0.3) is 0 Å². The van der Waals surface area contributed by atoms with Crippen LogP contribution in [0.4, 0.5) is 0 Å². The van der Waals surface area contributed by atoms with Crippen LogP contribution in [0, 0.1) is 0 Å². The lowest BCUT2D eigenvalue weighted by Gasteiger charge is -2.43. The predicted octanol–water partition coefficient (Wildman–Crippen LogP) is 2.90. The third kappa shape index (κ3) is 3.64. The molecule has 2 rings (SSSR count). The average Bonchev–Trinajstić information content (AvgIpc) is 2.49. The van der Waals surface area contributed by atoms with Crippen molar-refractivity contribution in [3.8, 4) is 0 Å². The van der Waals surface area contributed by atoms with Crippen LogP contribution >= 0.6 is 0 Å². The Bertz CT molecular complexity index is 419. The Kier molecular flexibility index (Phi) is 5.76. The van der Waals surface area contributed by atoms with Gasteiger partial charge in [0.25, 0.3) is 0 Å². The van der Waals surface area contributed by atoms with Gasteiger partial charge < -0.3 is 9.47 Å². The molecule has 1 aliphatic rings. The van der Waals surface area contributed by atoms with E-state index in [2.05, 4.69) is 43.5 Å². The van der Waals surface area contributed by atoms with Crippen LogP contribution in [-0.4, -0.2) is 25.4 Å². The molecule has 1 heterocycles. The van der Waals surface area contributed by atoms with Crippen LogP contribution in [0.2, 0.25) is 0 Å². The van der Waals surface area contributed by atoms with Gasteiger partial charge in [-0.1, -0.05) is 38.1 Å². The summed E-state index contributed by atoms with van der Waals surface area (Å²) in [5.74, 6) is 6.41. The third-order valence-corrected chi connectivity index (χ3v) is 4.40. The summed E-state index contributed by atoms with van der Waals surface area (Å²) in [6, 6.07) is 8.68. The van der Waals surface area contributed by atoms with Gasteiger partial charge in [-0.25, -0.2) is 0 Å². The molecule has 1 aliphatic heterocycles. The maximum atomic E-state index is 6.13. The van der Waals surface area contributed by atoms with Gasteiger partial charge in [0.1, 0.15) is 0 Å². The molecule has 0 aliphatic carbocycles. The Morgan fingerprint density at radius 1 is 1.19 bits per heavy atom. The molecular weight excluding hydrogens is 264 g/mol. The van der Waals surface area contributed by atoms with Gasteiger partial charge >= 0.3 is 0 Å². The van der Waals surface area contributed by atoms with Crippen LogP contribution in [0.15, 0.2) is 24.3 Å². The summed E-state index contributed by atoms with van der Waals surface area (Å²) in [4.78, 5) is 0. The number of hydrogen-bond acceptors (Lipinski definition) is 4. The van der Waals surface area contributed by atoms with E-state index in [4.69, 9.17) is 15.3 Å². The van der Waals surface area contributed by atoms with Gasteiger partial charge in [0.15, 0.2) is 0 Å². The van der Waals surface area contributed by atoms with E-state index in [1.54, 1.807) is 0 Å². The number of hydrazine groups is 1. The largest absolute Gasteiger partial charge is 0.381 e. The molecule has 1 fully saturated rings. The fourth-order valence-electron chi connectivity index (χ4n) is 3.15. The number of nitrogens with one attached hydrogen (secondary N) is 1. The maximum absolute atomic E-state index is 6.13. The van der Waals surface area contributed by atoms with Gasteiger partial charge in [0.2, 0.25) is 0 Å². The third-order valence-electron chi connectivity index (χ3n) is 4.40. The number of hydrogen-bond donors (Lipinski definition) is 2. The zero-order valence-corrected chi connectivity index (χ0v) is 13.4. The maximum Gasteiger partial charge on any atom is 0.0932 e. The van der Waals surface area contributed by atoms with E-state index in [9.17, 15) is 0 Å². The molecular formula is C17H28N2O2. The molecule has 21 heavy (non-hydrogen) atoms. The Hall–Kier alpha value is -0.940. The SMILES string of the molecule is CCOC1(C(NN)c2ccc(C(C)C)cc2)CCOCC1. The van der Waals surface area contributed by atoms with E-state index < -0.39 is 0 Å². The second-order valence-electron chi connectivity index (χ2n) is 6.03. The van der Waals surface area contributed by atoms with E-state index >= 15 is 0 Å². The molecule has 1 unspecified atom stereocenters. The molecule has 1 saturated heterocycles. The summed E-state index contributed by atoms with van der Waals surface area (Å²) in [5, 5.41) is 0. The Balaban J connectivity index is 2.27. The first kappa shape index (κ1) is 16.4. The predicted molar refractivity (Wildman–Crippen MR) is 85.0 cm³/mol. The van der Waals surface area contributed by atoms with Gasteiger partial charge in [-0.3, -0.25) is 11.3 Å². The minimum atomic E-state index is -0.277. The molecule has 0 spiro atoms. The number of rotatable bonds is 6. The van der Waals surface area contributed by atoms with Crippen molar-refractivity contribution in [2.45, 2.75) is 51.2 Å². The minimum absolute atomic E-state index is 0.0115. The Labute approximate surface area is 128 Å². The minimum Gasteiger partial charge on any atom is -0.381 e. The van der Waals surface area contributed by atoms with Crippen molar-refractivity contribution in [2.75, 3.05) is 19.8 Å². The standard InChI is InChI=1S/C17H28N2O2/c1-4-21-17(9-11-20-12-10-17)16(19-18)15-7-5-14(6-8-15)13(2)3/h5-8,13,16,19H,4,9-12,18H2,1-3H3. The fraction of sp³-hybridized carbons (Fsp3) is 0.647. The molecule has 0 amide bonds. The molecule has 1 aromatic rings. The van der Waals surface area contributed by atoms with E-state index in [0.717, 1.165) is 26.1 Å². The van der Waals surface area contributed by atoms with Crippen molar-refractivity contribution in [2.24, 2.45) is 5.84 Å². The monoisotopic (exact) mass is 292 g/mol. The Morgan fingerprint density at radius 2 is 1.76 bits per heavy atom. The van der Waals surface area contributed by atoms with Crippen molar-refractivity contribution in [3.05, 3.63) is 35.4 Å². The zero-order chi connectivity index (χ0) is 15.3. The quantitative estimate of drug-likeness (QED) is 0.625. The summed E-state index contributed by atoms with van der Waals surface area (Å²) < 4.78 is 11.6. The lowest BCUT2D eigenvalue weighted by Crippen LogP contribution is -2.51.